The summed E-state index contributed by atoms with van der Waals surface area (Å²) in [5.74, 6) is -1.06. The minimum Gasteiger partial charge on any atom is -0.313 e. The summed E-state index contributed by atoms with van der Waals surface area (Å²) >= 11 is 0. The summed E-state index contributed by atoms with van der Waals surface area (Å²) in [7, 11) is 0. The van der Waals surface area contributed by atoms with Crippen molar-refractivity contribution in [2.45, 2.75) is 70.1 Å². The summed E-state index contributed by atoms with van der Waals surface area (Å²) in [5.41, 5.74) is 0. The van der Waals surface area contributed by atoms with Crippen molar-refractivity contribution < 1.29 is 13.2 Å². The fraction of sp³-hybridized carbons (Fsp3) is 1.00. The Kier molecular flexibility index (Phi) is 5.73. The standard InChI is InChI=1S/C15H27F3N2/c1-2-10-20(11-13-4-3-9-19-13)14-7-5-12(6-8-14)15(16,17)18/h12-14,19H,2-11H2,1H3. The van der Waals surface area contributed by atoms with Gasteiger partial charge in [0.2, 0.25) is 0 Å². The molecule has 1 saturated heterocycles. The van der Waals surface area contributed by atoms with Gasteiger partial charge in [-0.2, -0.15) is 13.2 Å². The van der Waals surface area contributed by atoms with Crippen LogP contribution in [0.15, 0.2) is 0 Å². The Bertz CT molecular complexity index is 279. The van der Waals surface area contributed by atoms with Crippen LogP contribution in [-0.2, 0) is 0 Å². The molecule has 2 rings (SSSR count). The number of hydrogen-bond acceptors (Lipinski definition) is 2. The Morgan fingerprint density at radius 2 is 1.80 bits per heavy atom. The molecule has 1 saturated carbocycles. The summed E-state index contributed by atoms with van der Waals surface area (Å²) in [6.07, 6.45) is 1.55. The van der Waals surface area contributed by atoms with Crippen LogP contribution in [0.2, 0.25) is 0 Å². The van der Waals surface area contributed by atoms with E-state index in [9.17, 15) is 13.2 Å². The first kappa shape index (κ1) is 16.1. The van der Waals surface area contributed by atoms with Crippen molar-refractivity contribution in [1.82, 2.24) is 10.2 Å². The molecule has 118 valence electrons. The molecular formula is C15H27F3N2. The third-order valence-corrected chi connectivity index (χ3v) is 4.80. The molecule has 20 heavy (non-hydrogen) atoms. The summed E-state index contributed by atoms with van der Waals surface area (Å²) in [4.78, 5) is 2.44. The van der Waals surface area contributed by atoms with Crippen LogP contribution in [-0.4, -0.2) is 42.8 Å². The molecule has 0 bridgehead atoms. The van der Waals surface area contributed by atoms with E-state index in [1.54, 1.807) is 0 Å². The number of hydrogen-bond donors (Lipinski definition) is 1. The third kappa shape index (κ3) is 4.35. The van der Waals surface area contributed by atoms with E-state index >= 15 is 0 Å². The highest BCUT2D eigenvalue weighted by Gasteiger charge is 2.42. The maximum atomic E-state index is 12.7. The molecule has 0 radical (unpaired) electrons. The van der Waals surface area contributed by atoms with Crippen LogP contribution >= 0.6 is 0 Å². The van der Waals surface area contributed by atoms with Gasteiger partial charge in [0.15, 0.2) is 0 Å². The monoisotopic (exact) mass is 292 g/mol. The molecule has 1 heterocycles. The van der Waals surface area contributed by atoms with E-state index in [1.807, 2.05) is 0 Å². The lowest BCUT2D eigenvalue weighted by Gasteiger charge is -2.38. The molecule has 1 atom stereocenters. The van der Waals surface area contributed by atoms with Crippen molar-refractivity contribution in [3.63, 3.8) is 0 Å². The van der Waals surface area contributed by atoms with Gasteiger partial charge in [-0.1, -0.05) is 6.92 Å². The Labute approximate surface area is 120 Å². The molecule has 2 fully saturated rings. The highest BCUT2D eigenvalue weighted by Crippen LogP contribution is 2.38. The number of nitrogens with zero attached hydrogens (tertiary/aromatic N) is 1. The van der Waals surface area contributed by atoms with Crippen molar-refractivity contribution in [1.29, 1.82) is 0 Å². The van der Waals surface area contributed by atoms with Crippen molar-refractivity contribution in [3.05, 3.63) is 0 Å². The summed E-state index contributed by atoms with van der Waals surface area (Å²) < 4.78 is 38.2. The Morgan fingerprint density at radius 3 is 2.30 bits per heavy atom. The SMILES string of the molecule is CCCN(CC1CCCN1)C1CCC(C(F)(F)F)CC1. The highest BCUT2D eigenvalue weighted by molar-refractivity contribution is 4.86. The molecule has 1 N–H and O–H groups in total. The predicted molar refractivity (Wildman–Crippen MR) is 74.7 cm³/mol. The molecule has 0 aromatic heterocycles. The first-order valence-corrected chi connectivity index (χ1v) is 8.05. The minimum atomic E-state index is -3.99. The smallest absolute Gasteiger partial charge is 0.313 e. The van der Waals surface area contributed by atoms with Gasteiger partial charge in [-0.05, 0) is 58.0 Å². The zero-order chi connectivity index (χ0) is 14.6. The molecule has 0 aromatic carbocycles. The second kappa shape index (κ2) is 7.12. The molecule has 2 nitrogen and oxygen atoms in total. The molecule has 5 heteroatoms. The molecule has 0 amide bonds. The lowest BCUT2D eigenvalue weighted by Crippen LogP contribution is -2.46. The molecule has 0 spiro atoms. The molecule has 0 aromatic rings. The van der Waals surface area contributed by atoms with E-state index < -0.39 is 12.1 Å². The van der Waals surface area contributed by atoms with Gasteiger partial charge >= 0.3 is 6.18 Å². The summed E-state index contributed by atoms with van der Waals surface area (Å²) in [5, 5.41) is 3.50. The van der Waals surface area contributed by atoms with Gasteiger partial charge in [-0.3, -0.25) is 4.90 Å². The maximum Gasteiger partial charge on any atom is 0.391 e. The van der Waals surface area contributed by atoms with E-state index in [0.717, 1.165) is 26.1 Å². The fourth-order valence-corrected chi connectivity index (χ4v) is 3.67. The van der Waals surface area contributed by atoms with Crippen LogP contribution in [0.4, 0.5) is 13.2 Å². The van der Waals surface area contributed by atoms with Gasteiger partial charge in [0.25, 0.3) is 0 Å². The Morgan fingerprint density at radius 1 is 1.10 bits per heavy atom. The number of rotatable bonds is 5. The molecular weight excluding hydrogens is 265 g/mol. The van der Waals surface area contributed by atoms with E-state index in [2.05, 4.69) is 17.1 Å². The number of nitrogens with one attached hydrogen (secondary N) is 1. The number of halogens is 3. The average Bonchev–Trinajstić information content (AvgIpc) is 2.90. The lowest BCUT2D eigenvalue weighted by atomic mass is 9.84. The van der Waals surface area contributed by atoms with Crippen LogP contribution in [0.25, 0.3) is 0 Å². The van der Waals surface area contributed by atoms with E-state index in [4.69, 9.17) is 0 Å². The van der Waals surface area contributed by atoms with E-state index in [-0.39, 0.29) is 0 Å². The molecule has 1 unspecified atom stereocenters. The van der Waals surface area contributed by atoms with E-state index in [0.29, 0.717) is 37.8 Å². The first-order valence-electron chi connectivity index (χ1n) is 8.05. The van der Waals surface area contributed by atoms with Crippen molar-refractivity contribution >= 4 is 0 Å². The van der Waals surface area contributed by atoms with Crippen molar-refractivity contribution in [2.75, 3.05) is 19.6 Å². The first-order chi connectivity index (χ1) is 9.50. The topological polar surface area (TPSA) is 15.3 Å². The predicted octanol–water partition coefficient (Wildman–Crippen LogP) is 3.57. The van der Waals surface area contributed by atoms with Gasteiger partial charge < -0.3 is 5.32 Å². The van der Waals surface area contributed by atoms with Gasteiger partial charge in [0.1, 0.15) is 0 Å². The van der Waals surface area contributed by atoms with Crippen molar-refractivity contribution in [2.24, 2.45) is 5.92 Å². The summed E-state index contributed by atoms with van der Waals surface area (Å²) in [6.45, 7) is 5.26. The zero-order valence-corrected chi connectivity index (χ0v) is 12.4. The lowest BCUT2D eigenvalue weighted by molar-refractivity contribution is -0.184. The van der Waals surface area contributed by atoms with Crippen LogP contribution in [0.1, 0.15) is 51.9 Å². The van der Waals surface area contributed by atoms with Gasteiger partial charge in [-0.15, -0.1) is 0 Å². The highest BCUT2D eigenvalue weighted by atomic mass is 19.4. The van der Waals surface area contributed by atoms with Gasteiger partial charge in [0, 0.05) is 18.6 Å². The van der Waals surface area contributed by atoms with Crippen LogP contribution < -0.4 is 5.32 Å². The average molecular weight is 292 g/mol. The van der Waals surface area contributed by atoms with Crippen LogP contribution in [0.3, 0.4) is 0 Å². The third-order valence-electron chi connectivity index (χ3n) is 4.80. The second-order valence-corrected chi connectivity index (χ2v) is 6.34. The van der Waals surface area contributed by atoms with Crippen molar-refractivity contribution in [3.8, 4) is 0 Å². The Hall–Kier alpha value is -0.290. The molecule has 2 aliphatic rings. The fourth-order valence-electron chi connectivity index (χ4n) is 3.67. The van der Waals surface area contributed by atoms with Gasteiger partial charge in [-0.25, -0.2) is 0 Å². The summed E-state index contributed by atoms with van der Waals surface area (Å²) in [6, 6.07) is 0.901. The van der Waals surface area contributed by atoms with Crippen LogP contribution in [0, 0.1) is 5.92 Å². The normalized spacial score (nSPS) is 31.9. The largest absolute Gasteiger partial charge is 0.391 e. The second-order valence-electron chi connectivity index (χ2n) is 6.34. The van der Waals surface area contributed by atoms with Gasteiger partial charge in [0.05, 0.1) is 5.92 Å². The maximum absolute atomic E-state index is 12.7. The van der Waals surface area contributed by atoms with E-state index in [1.165, 1.54) is 12.8 Å². The quantitative estimate of drug-likeness (QED) is 0.833. The van der Waals surface area contributed by atoms with Crippen LogP contribution in [0.5, 0.6) is 0 Å². The zero-order valence-electron chi connectivity index (χ0n) is 12.4. The molecule has 1 aliphatic heterocycles. The minimum absolute atomic E-state index is 0.312. The number of alkyl halides is 3. The molecule has 1 aliphatic carbocycles. The Balaban J connectivity index is 1.84.